The van der Waals surface area contributed by atoms with Crippen LogP contribution in [0.3, 0.4) is 0 Å². The van der Waals surface area contributed by atoms with Crippen LogP contribution < -0.4 is 5.73 Å². The SMILES string of the molecule is Cc1ccc([N+](=O)[O-])c(C(CN)C(F)F)c1. The van der Waals surface area contributed by atoms with E-state index < -0.39 is 17.3 Å². The maximum atomic E-state index is 12.7. The molecule has 88 valence electrons. The van der Waals surface area contributed by atoms with Gasteiger partial charge in [-0.15, -0.1) is 0 Å². The molecule has 0 radical (unpaired) electrons. The van der Waals surface area contributed by atoms with Gasteiger partial charge in [0.1, 0.15) is 0 Å². The van der Waals surface area contributed by atoms with Crippen molar-refractivity contribution in [3.63, 3.8) is 0 Å². The fourth-order valence-electron chi connectivity index (χ4n) is 1.50. The van der Waals surface area contributed by atoms with Gasteiger partial charge in [-0.05, 0) is 13.0 Å². The average molecular weight is 230 g/mol. The quantitative estimate of drug-likeness (QED) is 0.636. The Morgan fingerprint density at radius 2 is 2.12 bits per heavy atom. The van der Waals surface area contributed by atoms with Gasteiger partial charge in [0, 0.05) is 18.2 Å². The van der Waals surface area contributed by atoms with Crippen molar-refractivity contribution in [3.05, 3.63) is 39.4 Å². The Hall–Kier alpha value is -1.56. The van der Waals surface area contributed by atoms with Gasteiger partial charge in [-0.2, -0.15) is 0 Å². The van der Waals surface area contributed by atoms with Crippen molar-refractivity contribution in [2.45, 2.75) is 19.3 Å². The maximum Gasteiger partial charge on any atom is 0.273 e. The Bertz CT molecular complexity index is 396. The summed E-state index contributed by atoms with van der Waals surface area (Å²) in [6, 6.07) is 4.14. The van der Waals surface area contributed by atoms with Crippen molar-refractivity contribution < 1.29 is 13.7 Å². The Kier molecular flexibility index (Phi) is 3.89. The molecular weight excluding hydrogens is 218 g/mol. The first-order valence-electron chi connectivity index (χ1n) is 4.70. The number of nitrogens with two attached hydrogens (primary N) is 1. The summed E-state index contributed by atoms with van der Waals surface area (Å²) in [6.45, 7) is 1.37. The molecule has 0 heterocycles. The number of halogens is 2. The lowest BCUT2D eigenvalue weighted by Gasteiger charge is -2.14. The van der Waals surface area contributed by atoms with Gasteiger partial charge >= 0.3 is 0 Å². The second-order valence-corrected chi connectivity index (χ2v) is 3.50. The van der Waals surface area contributed by atoms with E-state index in [1.54, 1.807) is 6.92 Å². The highest BCUT2D eigenvalue weighted by atomic mass is 19.3. The molecule has 1 aromatic carbocycles. The van der Waals surface area contributed by atoms with Crippen LogP contribution in [0.5, 0.6) is 0 Å². The van der Waals surface area contributed by atoms with Gasteiger partial charge in [-0.1, -0.05) is 11.6 Å². The summed E-state index contributed by atoms with van der Waals surface area (Å²) in [6.07, 6.45) is -2.70. The van der Waals surface area contributed by atoms with Crippen molar-refractivity contribution in [2.24, 2.45) is 5.73 Å². The fourth-order valence-corrected chi connectivity index (χ4v) is 1.50. The third kappa shape index (κ3) is 2.52. The van der Waals surface area contributed by atoms with Crippen LogP contribution in [-0.4, -0.2) is 17.9 Å². The summed E-state index contributed by atoms with van der Waals surface area (Å²) in [5.41, 5.74) is 5.61. The molecule has 1 atom stereocenters. The average Bonchev–Trinajstić information content (AvgIpc) is 2.17. The molecule has 4 nitrogen and oxygen atoms in total. The largest absolute Gasteiger partial charge is 0.330 e. The lowest BCUT2D eigenvalue weighted by atomic mass is 9.96. The number of nitro groups is 1. The third-order valence-corrected chi connectivity index (χ3v) is 2.34. The summed E-state index contributed by atoms with van der Waals surface area (Å²) in [4.78, 5) is 10.0. The third-order valence-electron chi connectivity index (χ3n) is 2.34. The predicted molar refractivity (Wildman–Crippen MR) is 55.6 cm³/mol. The monoisotopic (exact) mass is 230 g/mol. The number of nitro benzene ring substituents is 1. The van der Waals surface area contributed by atoms with Crippen LogP contribution in [-0.2, 0) is 0 Å². The molecule has 0 aromatic heterocycles. The Labute approximate surface area is 91.2 Å². The molecule has 0 aliphatic carbocycles. The molecule has 0 saturated carbocycles. The smallest absolute Gasteiger partial charge is 0.273 e. The highest BCUT2D eigenvalue weighted by Gasteiger charge is 2.28. The van der Waals surface area contributed by atoms with Crippen molar-refractivity contribution in [1.29, 1.82) is 0 Å². The molecule has 0 bridgehead atoms. The minimum absolute atomic E-state index is 0.00231. The van der Waals surface area contributed by atoms with Crippen molar-refractivity contribution in [2.75, 3.05) is 6.54 Å². The van der Waals surface area contributed by atoms with E-state index in [9.17, 15) is 18.9 Å². The van der Waals surface area contributed by atoms with Crippen LogP contribution in [0.2, 0.25) is 0 Å². The molecule has 1 aromatic rings. The summed E-state index contributed by atoms with van der Waals surface area (Å²) >= 11 is 0. The molecule has 2 N–H and O–H groups in total. The van der Waals surface area contributed by atoms with Gasteiger partial charge in [0.2, 0.25) is 6.43 Å². The van der Waals surface area contributed by atoms with E-state index in [-0.39, 0.29) is 17.8 Å². The molecule has 0 fully saturated rings. The van der Waals surface area contributed by atoms with Crippen LogP contribution in [0.15, 0.2) is 18.2 Å². The summed E-state index contributed by atoms with van der Waals surface area (Å²) in [5.74, 6) is -1.29. The topological polar surface area (TPSA) is 69.2 Å². The predicted octanol–water partition coefficient (Wildman–Crippen LogP) is 2.21. The number of alkyl halides is 2. The standard InChI is InChI=1S/C10H12F2N2O2/c1-6-2-3-9(14(15)16)7(4-6)8(5-13)10(11)12/h2-4,8,10H,5,13H2,1H3. The zero-order chi connectivity index (χ0) is 12.3. The van der Waals surface area contributed by atoms with Crippen LogP contribution in [0, 0.1) is 17.0 Å². The first kappa shape index (κ1) is 12.5. The van der Waals surface area contributed by atoms with Gasteiger partial charge in [-0.25, -0.2) is 8.78 Å². The number of benzene rings is 1. The number of hydrogen-bond acceptors (Lipinski definition) is 3. The minimum Gasteiger partial charge on any atom is -0.330 e. The van der Waals surface area contributed by atoms with Gasteiger partial charge in [-0.3, -0.25) is 10.1 Å². The normalized spacial score (nSPS) is 12.8. The molecule has 0 spiro atoms. The van der Waals surface area contributed by atoms with Gasteiger partial charge in [0.05, 0.1) is 10.8 Å². The first-order chi connectivity index (χ1) is 7.47. The van der Waals surface area contributed by atoms with Crippen molar-refractivity contribution in [3.8, 4) is 0 Å². The number of aryl methyl sites for hydroxylation is 1. The lowest BCUT2D eigenvalue weighted by molar-refractivity contribution is -0.385. The molecule has 0 saturated heterocycles. The van der Waals surface area contributed by atoms with E-state index >= 15 is 0 Å². The van der Waals surface area contributed by atoms with Gasteiger partial charge in [0.15, 0.2) is 0 Å². The first-order valence-corrected chi connectivity index (χ1v) is 4.70. The Morgan fingerprint density at radius 3 is 2.56 bits per heavy atom. The van der Waals surface area contributed by atoms with E-state index in [0.29, 0.717) is 5.56 Å². The number of hydrogen-bond donors (Lipinski definition) is 1. The highest BCUT2D eigenvalue weighted by Crippen LogP contribution is 2.31. The van der Waals surface area contributed by atoms with E-state index in [1.807, 2.05) is 0 Å². The highest BCUT2D eigenvalue weighted by molar-refractivity contribution is 5.45. The van der Waals surface area contributed by atoms with Gasteiger partial charge in [0.25, 0.3) is 5.69 Å². The number of nitrogens with zero attached hydrogens (tertiary/aromatic N) is 1. The van der Waals surface area contributed by atoms with Crippen LogP contribution >= 0.6 is 0 Å². The molecule has 0 amide bonds. The number of rotatable bonds is 4. The zero-order valence-corrected chi connectivity index (χ0v) is 8.69. The molecule has 0 aliphatic rings. The second kappa shape index (κ2) is 4.98. The molecular formula is C10H12F2N2O2. The lowest BCUT2D eigenvalue weighted by Crippen LogP contribution is -2.20. The second-order valence-electron chi connectivity index (χ2n) is 3.50. The van der Waals surface area contributed by atoms with E-state index in [4.69, 9.17) is 5.73 Å². The minimum atomic E-state index is -2.70. The molecule has 6 heteroatoms. The van der Waals surface area contributed by atoms with Crippen LogP contribution in [0.25, 0.3) is 0 Å². The molecule has 0 aliphatic heterocycles. The molecule has 16 heavy (non-hydrogen) atoms. The molecule has 1 unspecified atom stereocenters. The maximum absolute atomic E-state index is 12.7. The van der Waals surface area contributed by atoms with Crippen LogP contribution in [0.1, 0.15) is 17.0 Å². The Balaban J connectivity index is 3.27. The molecule has 1 rings (SSSR count). The summed E-state index contributed by atoms with van der Waals surface area (Å²) in [7, 11) is 0. The van der Waals surface area contributed by atoms with Crippen molar-refractivity contribution in [1.82, 2.24) is 0 Å². The van der Waals surface area contributed by atoms with E-state index in [1.165, 1.54) is 18.2 Å². The Morgan fingerprint density at radius 1 is 1.50 bits per heavy atom. The zero-order valence-electron chi connectivity index (χ0n) is 8.69. The van der Waals surface area contributed by atoms with Crippen LogP contribution in [0.4, 0.5) is 14.5 Å². The van der Waals surface area contributed by atoms with Crippen molar-refractivity contribution >= 4 is 5.69 Å². The summed E-state index contributed by atoms with van der Waals surface area (Å²) < 4.78 is 25.3. The van der Waals surface area contributed by atoms with E-state index in [2.05, 4.69) is 0 Å². The van der Waals surface area contributed by atoms with E-state index in [0.717, 1.165) is 0 Å². The van der Waals surface area contributed by atoms with Gasteiger partial charge < -0.3 is 5.73 Å². The fraction of sp³-hybridized carbons (Fsp3) is 0.400. The summed E-state index contributed by atoms with van der Waals surface area (Å²) in [5, 5.41) is 10.7.